The van der Waals surface area contributed by atoms with E-state index in [0.717, 1.165) is 61.8 Å². The zero-order valence-corrected chi connectivity index (χ0v) is 14.1. The van der Waals surface area contributed by atoms with Gasteiger partial charge in [-0.15, -0.1) is 0 Å². The lowest BCUT2D eigenvalue weighted by Crippen LogP contribution is -2.29. The molecule has 126 valence electrons. The zero-order chi connectivity index (χ0) is 16.1. The van der Waals surface area contributed by atoms with E-state index in [1.54, 1.807) is 12.7 Å². The maximum atomic E-state index is 5.32. The van der Waals surface area contributed by atoms with E-state index >= 15 is 0 Å². The summed E-state index contributed by atoms with van der Waals surface area (Å²) in [6.45, 7) is 7.42. The largest absolute Gasteiger partial charge is 0.448 e. The molecule has 4 heterocycles. The van der Waals surface area contributed by atoms with Gasteiger partial charge in [0.15, 0.2) is 6.39 Å². The molecular formula is C18H23N5O. The number of nitrogens with zero attached hydrogens (tertiary/aromatic N) is 5. The van der Waals surface area contributed by atoms with Crippen molar-refractivity contribution in [2.75, 3.05) is 31.1 Å². The molecule has 2 aromatic rings. The van der Waals surface area contributed by atoms with E-state index in [2.05, 4.69) is 30.8 Å². The summed E-state index contributed by atoms with van der Waals surface area (Å²) in [4.78, 5) is 18.3. The Morgan fingerprint density at radius 1 is 1.08 bits per heavy atom. The maximum absolute atomic E-state index is 5.32. The Hall–Kier alpha value is -1.95. The van der Waals surface area contributed by atoms with E-state index in [0.29, 0.717) is 5.92 Å². The smallest absolute Gasteiger partial charge is 0.181 e. The van der Waals surface area contributed by atoms with Crippen molar-refractivity contribution in [3.8, 4) is 0 Å². The molecule has 6 heteroatoms. The lowest BCUT2D eigenvalue weighted by atomic mass is 10.0. The van der Waals surface area contributed by atoms with Crippen molar-refractivity contribution < 1.29 is 4.42 Å². The fourth-order valence-electron chi connectivity index (χ4n) is 4.24. The first-order valence-corrected chi connectivity index (χ1v) is 8.94. The van der Waals surface area contributed by atoms with Crippen LogP contribution in [-0.2, 0) is 6.54 Å². The molecule has 1 aliphatic carbocycles. The van der Waals surface area contributed by atoms with Gasteiger partial charge in [0.1, 0.15) is 17.9 Å². The van der Waals surface area contributed by atoms with Crippen LogP contribution in [0, 0.1) is 18.8 Å². The monoisotopic (exact) mass is 325 g/mol. The van der Waals surface area contributed by atoms with Gasteiger partial charge in [0.05, 0.1) is 5.69 Å². The van der Waals surface area contributed by atoms with Crippen LogP contribution >= 0.6 is 0 Å². The fourth-order valence-corrected chi connectivity index (χ4v) is 4.24. The molecule has 0 bridgehead atoms. The number of hydrogen-bond donors (Lipinski definition) is 0. The second-order valence-corrected chi connectivity index (χ2v) is 7.55. The van der Waals surface area contributed by atoms with Crippen molar-refractivity contribution in [3.05, 3.63) is 35.9 Å². The van der Waals surface area contributed by atoms with Crippen LogP contribution < -0.4 is 4.90 Å². The molecule has 2 atom stereocenters. The van der Waals surface area contributed by atoms with Crippen LogP contribution in [0.2, 0.25) is 0 Å². The second kappa shape index (κ2) is 5.55. The first-order chi connectivity index (χ1) is 11.8. The van der Waals surface area contributed by atoms with E-state index < -0.39 is 0 Å². The van der Waals surface area contributed by atoms with Gasteiger partial charge in [-0.05, 0) is 31.6 Å². The van der Waals surface area contributed by atoms with E-state index in [1.807, 2.05) is 6.92 Å². The minimum absolute atomic E-state index is 0.690. The lowest BCUT2D eigenvalue weighted by molar-refractivity contribution is 0.303. The van der Waals surface area contributed by atoms with Gasteiger partial charge in [-0.25, -0.2) is 15.0 Å². The average molecular weight is 325 g/mol. The third kappa shape index (κ3) is 2.59. The van der Waals surface area contributed by atoms with Crippen LogP contribution in [0.3, 0.4) is 0 Å². The number of fused-ring (bicyclic) bond motifs is 1. The second-order valence-electron chi connectivity index (χ2n) is 7.55. The predicted molar refractivity (Wildman–Crippen MR) is 89.7 cm³/mol. The molecule has 0 amide bonds. The molecule has 1 saturated carbocycles. The summed E-state index contributed by atoms with van der Waals surface area (Å²) in [6, 6.07) is 2.22. The molecule has 2 aromatic heterocycles. The summed E-state index contributed by atoms with van der Waals surface area (Å²) in [5, 5.41) is 0. The number of oxazole rings is 1. The standard InChI is InChI=1S/C18H23N5O/c1-12-17(21-11-24-12)9-22-5-14-7-23(8-15(14)6-22)18-4-16(13-2-3-13)19-10-20-18/h4,10-11,13-15H,2-3,5-9H2,1H3. The Kier molecular flexibility index (Phi) is 3.33. The molecule has 2 unspecified atom stereocenters. The molecule has 0 N–H and O–H groups in total. The summed E-state index contributed by atoms with van der Waals surface area (Å²) in [5.41, 5.74) is 2.32. The minimum Gasteiger partial charge on any atom is -0.448 e. The van der Waals surface area contributed by atoms with E-state index in [-0.39, 0.29) is 0 Å². The van der Waals surface area contributed by atoms with Crippen LogP contribution in [0.1, 0.15) is 35.9 Å². The number of anilines is 1. The van der Waals surface area contributed by atoms with Crippen LogP contribution in [0.15, 0.2) is 23.2 Å². The Bertz CT molecular complexity index is 727. The summed E-state index contributed by atoms with van der Waals surface area (Å²) in [7, 11) is 0. The van der Waals surface area contributed by atoms with Gasteiger partial charge in [-0.2, -0.15) is 0 Å². The first kappa shape index (κ1) is 14.4. The molecule has 24 heavy (non-hydrogen) atoms. The molecule has 5 rings (SSSR count). The summed E-state index contributed by atoms with van der Waals surface area (Å²) < 4.78 is 5.32. The molecule has 2 aliphatic heterocycles. The number of hydrogen-bond acceptors (Lipinski definition) is 6. The molecule has 0 aromatic carbocycles. The van der Waals surface area contributed by atoms with Gasteiger partial charge in [-0.1, -0.05) is 0 Å². The van der Waals surface area contributed by atoms with Crippen molar-refractivity contribution >= 4 is 5.82 Å². The lowest BCUT2D eigenvalue weighted by Gasteiger charge is -2.22. The average Bonchev–Trinajstić information content (AvgIpc) is 3.10. The van der Waals surface area contributed by atoms with Gasteiger partial charge in [0, 0.05) is 50.4 Å². The Morgan fingerprint density at radius 3 is 2.54 bits per heavy atom. The van der Waals surface area contributed by atoms with E-state index in [1.165, 1.54) is 18.5 Å². The minimum atomic E-state index is 0.690. The summed E-state index contributed by atoms with van der Waals surface area (Å²) >= 11 is 0. The van der Waals surface area contributed by atoms with Crippen LogP contribution in [0.4, 0.5) is 5.82 Å². The Labute approximate surface area is 141 Å². The van der Waals surface area contributed by atoms with Gasteiger partial charge in [-0.3, -0.25) is 4.90 Å². The van der Waals surface area contributed by atoms with Gasteiger partial charge >= 0.3 is 0 Å². The maximum Gasteiger partial charge on any atom is 0.181 e. The fraction of sp³-hybridized carbons (Fsp3) is 0.611. The van der Waals surface area contributed by atoms with Crippen molar-refractivity contribution in [1.29, 1.82) is 0 Å². The molecule has 6 nitrogen and oxygen atoms in total. The third-order valence-corrected chi connectivity index (χ3v) is 5.77. The molecular weight excluding hydrogens is 302 g/mol. The van der Waals surface area contributed by atoms with Crippen molar-refractivity contribution in [1.82, 2.24) is 19.9 Å². The molecule has 0 radical (unpaired) electrons. The summed E-state index contributed by atoms with van der Waals surface area (Å²) in [6.07, 6.45) is 5.88. The van der Waals surface area contributed by atoms with Crippen molar-refractivity contribution in [3.63, 3.8) is 0 Å². The van der Waals surface area contributed by atoms with E-state index in [9.17, 15) is 0 Å². The van der Waals surface area contributed by atoms with E-state index in [4.69, 9.17) is 4.42 Å². The molecule has 3 fully saturated rings. The highest BCUT2D eigenvalue weighted by Gasteiger charge is 2.40. The topological polar surface area (TPSA) is 58.3 Å². The normalized spacial score (nSPS) is 27.0. The Balaban J connectivity index is 1.23. The van der Waals surface area contributed by atoms with Crippen LogP contribution in [0.25, 0.3) is 0 Å². The predicted octanol–water partition coefficient (Wildman–Crippen LogP) is 2.22. The molecule has 2 saturated heterocycles. The molecule has 3 aliphatic rings. The highest BCUT2D eigenvalue weighted by atomic mass is 16.3. The highest BCUT2D eigenvalue weighted by Crippen LogP contribution is 2.40. The number of aromatic nitrogens is 3. The van der Waals surface area contributed by atoms with Crippen LogP contribution in [0.5, 0.6) is 0 Å². The van der Waals surface area contributed by atoms with Crippen LogP contribution in [-0.4, -0.2) is 46.0 Å². The third-order valence-electron chi connectivity index (χ3n) is 5.77. The quantitative estimate of drug-likeness (QED) is 0.859. The zero-order valence-electron chi connectivity index (χ0n) is 14.1. The SMILES string of the molecule is Cc1ocnc1CN1CC2CN(c3cc(C4CC4)ncn3)CC2C1. The number of rotatable bonds is 4. The summed E-state index contributed by atoms with van der Waals surface area (Å²) in [5.74, 6) is 4.23. The number of likely N-dealkylation sites (tertiary alicyclic amines) is 1. The molecule has 0 spiro atoms. The van der Waals surface area contributed by atoms with Gasteiger partial charge in [0.25, 0.3) is 0 Å². The first-order valence-electron chi connectivity index (χ1n) is 8.94. The van der Waals surface area contributed by atoms with Gasteiger partial charge in [0.2, 0.25) is 0 Å². The number of aryl methyl sites for hydroxylation is 1. The Morgan fingerprint density at radius 2 is 1.88 bits per heavy atom. The van der Waals surface area contributed by atoms with Gasteiger partial charge < -0.3 is 9.32 Å². The highest BCUT2D eigenvalue weighted by molar-refractivity contribution is 5.42. The van der Waals surface area contributed by atoms with Crippen molar-refractivity contribution in [2.24, 2.45) is 11.8 Å². The van der Waals surface area contributed by atoms with Crippen molar-refractivity contribution in [2.45, 2.75) is 32.2 Å².